The average molecular weight is 261 g/mol. The van der Waals surface area contributed by atoms with Gasteiger partial charge in [0.1, 0.15) is 0 Å². The van der Waals surface area contributed by atoms with Crippen LogP contribution in [-0.4, -0.2) is 20.5 Å². The Labute approximate surface area is 88.9 Å². The second-order valence-corrected chi connectivity index (χ2v) is 3.91. The number of hydrogen-bond acceptors (Lipinski definition) is 2. The molecule has 0 saturated carbocycles. The number of aryl methyl sites for hydroxylation is 1. The summed E-state index contributed by atoms with van der Waals surface area (Å²) in [6.45, 7) is 0. The van der Waals surface area contributed by atoms with Crippen molar-refractivity contribution in [2.24, 2.45) is 0 Å². The van der Waals surface area contributed by atoms with E-state index >= 15 is 0 Å². The summed E-state index contributed by atoms with van der Waals surface area (Å²) < 4.78 is 2.75. The predicted molar refractivity (Wildman–Crippen MR) is 55.1 cm³/mol. The van der Waals surface area contributed by atoms with Crippen LogP contribution in [0.25, 0.3) is 5.65 Å². The SMILES string of the molecule is ClCCc1nc2cc(Br)ccn2n1. The number of aromatic nitrogens is 3. The van der Waals surface area contributed by atoms with Gasteiger partial charge in [0.15, 0.2) is 11.5 Å². The Kier molecular flexibility index (Phi) is 2.51. The lowest BCUT2D eigenvalue weighted by atomic mass is 10.4. The Morgan fingerprint density at radius 3 is 3.15 bits per heavy atom. The van der Waals surface area contributed by atoms with Gasteiger partial charge in [0.05, 0.1) is 0 Å². The number of fused-ring (bicyclic) bond motifs is 1. The summed E-state index contributed by atoms with van der Waals surface area (Å²) in [4.78, 5) is 4.30. The maximum Gasteiger partial charge on any atom is 0.156 e. The highest BCUT2D eigenvalue weighted by molar-refractivity contribution is 9.10. The lowest BCUT2D eigenvalue weighted by Crippen LogP contribution is -1.90. The molecule has 0 atom stereocenters. The maximum absolute atomic E-state index is 5.60. The molecular formula is C8H7BrClN3. The molecule has 0 radical (unpaired) electrons. The second kappa shape index (κ2) is 3.64. The van der Waals surface area contributed by atoms with E-state index in [0.29, 0.717) is 12.3 Å². The molecule has 68 valence electrons. The van der Waals surface area contributed by atoms with Crippen molar-refractivity contribution >= 4 is 33.2 Å². The van der Waals surface area contributed by atoms with Crippen LogP contribution < -0.4 is 0 Å². The third kappa shape index (κ3) is 1.84. The Balaban J connectivity index is 2.49. The van der Waals surface area contributed by atoms with Gasteiger partial charge >= 0.3 is 0 Å². The molecule has 0 aromatic carbocycles. The molecule has 0 fully saturated rings. The number of nitrogens with zero attached hydrogens (tertiary/aromatic N) is 3. The fourth-order valence-corrected chi connectivity index (χ4v) is 1.59. The van der Waals surface area contributed by atoms with Gasteiger partial charge in [-0.05, 0) is 12.1 Å². The summed E-state index contributed by atoms with van der Waals surface area (Å²) in [6.07, 6.45) is 2.57. The van der Waals surface area contributed by atoms with E-state index in [1.807, 2.05) is 18.3 Å². The van der Waals surface area contributed by atoms with E-state index in [4.69, 9.17) is 11.6 Å². The van der Waals surface area contributed by atoms with Gasteiger partial charge < -0.3 is 0 Å². The van der Waals surface area contributed by atoms with Crippen LogP contribution in [0.1, 0.15) is 5.82 Å². The molecule has 0 unspecified atom stereocenters. The van der Waals surface area contributed by atoms with Crippen molar-refractivity contribution in [2.75, 3.05) is 5.88 Å². The molecule has 0 aliphatic rings. The largest absolute Gasteiger partial charge is 0.221 e. The van der Waals surface area contributed by atoms with Gasteiger partial charge in [-0.2, -0.15) is 5.10 Å². The van der Waals surface area contributed by atoms with Crippen LogP contribution in [0.15, 0.2) is 22.8 Å². The summed E-state index contributed by atoms with van der Waals surface area (Å²) in [5, 5.41) is 4.24. The molecule has 2 aromatic rings. The van der Waals surface area contributed by atoms with E-state index in [9.17, 15) is 0 Å². The van der Waals surface area contributed by atoms with Gasteiger partial charge in [-0.25, -0.2) is 9.50 Å². The van der Waals surface area contributed by atoms with Crippen molar-refractivity contribution in [3.63, 3.8) is 0 Å². The molecular weight excluding hydrogens is 253 g/mol. The minimum Gasteiger partial charge on any atom is -0.221 e. The van der Waals surface area contributed by atoms with Crippen molar-refractivity contribution in [2.45, 2.75) is 6.42 Å². The van der Waals surface area contributed by atoms with Crippen molar-refractivity contribution in [3.8, 4) is 0 Å². The molecule has 13 heavy (non-hydrogen) atoms. The first-order chi connectivity index (χ1) is 6.29. The first-order valence-corrected chi connectivity index (χ1v) is 5.19. The maximum atomic E-state index is 5.60. The number of pyridine rings is 1. The zero-order chi connectivity index (χ0) is 9.26. The van der Waals surface area contributed by atoms with Crippen molar-refractivity contribution in [1.29, 1.82) is 0 Å². The van der Waals surface area contributed by atoms with Gasteiger partial charge in [-0.3, -0.25) is 0 Å². The molecule has 0 aliphatic carbocycles. The van der Waals surface area contributed by atoms with E-state index in [1.54, 1.807) is 4.52 Å². The summed E-state index contributed by atoms with van der Waals surface area (Å²) in [6, 6.07) is 3.84. The minimum absolute atomic E-state index is 0.554. The Morgan fingerprint density at radius 1 is 1.54 bits per heavy atom. The quantitative estimate of drug-likeness (QED) is 0.776. The molecule has 0 aliphatic heterocycles. The molecule has 0 saturated heterocycles. The van der Waals surface area contributed by atoms with Gasteiger partial charge in [-0.15, -0.1) is 11.6 Å². The van der Waals surface area contributed by atoms with E-state index in [2.05, 4.69) is 26.0 Å². The van der Waals surface area contributed by atoms with Crippen LogP contribution in [0.3, 0.4) is 0 Å². The molecule has 0 spiro atoms. The molecule has 2 aromatic heterocycles. The van der Waals surface area contributed by atoms with Crippen LogP contribution >= 0.6 is 27.5 Å². The summed E-state index contributed by atoms with van der Waals surface area (Å²) in [5.74, 6) is 1.34. The van der Waals surface area contributed by atoms with Crippen LogP contribution in [0, 0.1) is 0 Å². The highest BCUT2D eigenvalue weighted by atomic mass is 79.9. The van der Waals surface area contributed by atoms with Crippen LogP contribution in [0.2, 0.25) is 0 Å². The highest BCUT2D eigenvalue weighted by Gasteiger charge is 2.02. The van der Waals surface area contributed by atoms with Crippen LogP contribution in [0.5, 0.6) is 0 Å². The summed E-state index contributed by atoms with van der Waals surface area (Å²) >= 11 is 8.97. The van der Waals surface area contributed by atoms with Crippen molar-refractivity contribution in [1.82, 2.24) is 14.6 Å². The topological polar surface area (TPSA) is 30.2 Å². The Hall–Kier alpha value is -0.610. The first kappa shape index (κ1) is 8.97. The van der Waals surface area contributed by atoms with E-state index in [1.165, 1.54) is 0 Å². The highest BCUT2D eigenvalue weighted by Crippen LogP contribution is 2.11. The van der Waals surface area contributed by atoms with E-state index in [-0.39, 0.29) is 0 Å². The third-order valence-electron chi connectivity index (χ3n) is 1.66. The number of hydrogen-bond donors (Lipinski definition) is 0. The lowest BCUT2D eigenvalue weighted by Gasteiger charge is -1.89. The smallest absolute Gasteiger partial charge is 0.156 e. The number of halogens is 2. The number of rotatable bonds is 2. The predicted octanol–water partition coefficient (Wildman–Crippen LogP) is 2.27. The molecule has 2 rings (SSSR count). The van der Waals surface area contributed by atoms with E-state index in [0.717, 1.165) is 15.9 Å². The van der Waals surface area contributed by atoms with Crippen LogP contribution in [0.4, 0.5) is 0 Å². The van der Waals surface area contributed by atoms with E-state index < -0.39 is 0 Å². The second-order valence-electron chi connectivity index (χ2n) is 2.61. The van der Waals surface area contributed by atoms with Gasteiger partial charge in [0.2, 0.25) is 0 Å². The molecule has 2 heterocycles. The van der Waals surface area contributed by atoms with Gasteiger partial charge in [-0.1, -0.05) is 15.9 Å². The van der Waals surface area contributed by atoms with Crippen molar-refractivity contribution < 1.29 is 0 Å². The monoisotopic (exact) mass is 259 g/mol. The summed E-state index contributed by atoms with van der Waals surface area (Å²) in [5.41, 5.74) is 0.842. The summed E-state index contributed by atoms with van der Waals surface area (Å²) in [7, 11) is 0. The number of alkyl halides is 1. The van der Waals surface area contributed by atoms with Gasteiger partial charge in [0.25, 0.3) is 0 Å². The normalized spacial score (nSPS) is 10.9. The fraction of sp³-hybridized carbons (Fsp3) is 0.250. The molecule has 0 amide bonds. The zero-order valence-corrected chi connectivity index (χ0v) is 9.09. The Morgan fingerprint density at radius 2 is 2.38 bits per heavy atom. The Bertz CT molecular complexity index is 426. The average Bonchev–Trinajstić information content (AvgIpc) is 2.46. The third-order valence-corrected chi connectivity index (χ3v) is 2.34. The van der Waals surface area contributed by atoms with Crippen LogP contribution in [-0.2, 0) is 6.42 Å². The standard InChI is InChI=1S/C8H7BrClN3/c9-6-2-4-13-8(5-6)11-7(12-13)1-3-10/h2,4-5H,1,3H2. The molecule has 3 nitrogen and oxygen atoms in total. The molecule has 0 N–H and O–H groups in total. The first-order valence-electron chi connectivity index (χ1n) is 3.86. The molecule has 5 heteroatoms. The van der Waals surface area contributed by atoms with Crippen molar-refractivity contribution in [3.05, 3.63) is 28.6 Å². The lowest BCUT2D eigenvalue weighted by molar-refractivity contribution is 0.888. The zero-order valence-electron chi connectivity index (χ0n) is 6.74. The fourth-order valence-electron chi connectivity index (χ4n) is 1.09. The molecule has 0 bridgehead atoms. The minimum atomic E-state index is 0.554. The van der Waals surface area contributed by atoms with Gasteiger partial charge in [0, 0.05) is 23.0 Å².